The van der Waals surface area contributed by atoms with Crippen LogP contribution in [0.2, 0.25) is 0 Å². The van der Waals surface area contributed by atoms with E-state index in [4.69, 9.17) is 11.6 Å². The van der Waals surface area contributed by atoms with Gasteiger partial charge in [-0.1, -0.05) is 11.6 Å². The van der Waals surface area contributed by atoms with Crippen LogP contribution in [0.25, 0.3) is 5.03 Å². The zero-order valence-corrected chi connectivity index (χ0v) is 9.81. The average Bonchev–Trinajstić information content (AvgIpc) is 2.29. The molecule has 0 fully saturated rings. The zero-order valence-electron chi connectivity index (χ0n) is 9.05. The Morgan fingerprint density at radius 2 is 2.06 bits per heavy atom. The fourth-order valence-electron chi connectivity index (χ4n) is 1.11. The number of nitro groups is 1. The number of halogens is 1. The second kappa shape index (κ2) is 6.00. The van der Waals surface area contributed by atoms with Gasteiger partial charge in [-0.05, 0) is 24.6 Å². The molecule has 17 heavy (non-hydrogen) atoms. The highest BCUT2D eigenvalue weighted by molar-refractivity contribution is 6.50. The van der Waals surface area contributed by atoms with E-state index in [2.05, 4.69) is 4.74 Å². The molecule has 90 valence electrons. The maximum atomic E-state index is 11.1. The SMILES string of the molecule is CCOC(=O)C=C(Cl)c1ccc([N+](=O)[O-])cc1. The number of hydrogen-bond acceptors (Lipinski definition) is 4. The van der Waals surface area contributed by atoms with E-state index in [-0.39, 0.29) is 17.3 Å². The molecule has 0 aliphatic carbocycles. The molecule has 1 aromatic rings. The first-order valence-electron chi connectivity index (χ1n) is 4.83. The molecule has 0 radical (unpaired) electrons. The zero-order chi connectivity index (χ0) is 12.8. The predicted octanol–water partition coefficient (Wildman–Crippen LogP) is 2.74. The summed E-state index contributed by atoms with van der Waals surface area (Å²) >= 11 is 5.86. The molecular weight excluding hydrogens is 246 g/mol. The average molecular weight is 256 g/mol. The number of non-ortho nitro benzene ring substituents is 1. The summed E-state index contributed by atoms with van der Waals surface area (Å²) in [4.78, 5) is 21.0. The van der Waals surface area contributed by atoms with E-state index in [1.807, 2.05) is 0 Å². The first kappa shape index (κ1) is 13.2. The number of carbonyl (C=O) groups excluding carboxylic acids is 1. The third-order valence-corrected chi connectivity index (χ3v) is 2.21. The number of rotatable bonds is 4. The van der Waals surface area contributed by atoms with Crippen LogP contribution in [0.1, 0.15) is 12.5 Å². The minimum Gasteiger partial charge on any atom is -0.463 e. The van der Waals surface area contributed by atoms with E-state index in [9.17, 15) is 14.9 Å². The van der Waals surface area contributed by atoms with Gasteiger partial charge < -0.3 is 4.74 Å². The van der Waals surface area contributed by atoms with Crippen LogP contribution in [-0.4, -0.2) is 17.5 Å². The van der Waals surface area contributed by atoms with E-state index in [1.165, 1.54) is 24.3 Å². The molecule has 0 amide bonds. The van der Waals surface area contributed by atoms with Crippen LogP contribution in [0.15, 0.2) is 30.3 Å². The summed E-state index contributed by atoms with van der Waals surface area (Å²) in [5.41, 5.74) is 0.486. The number of carbonyl (C=O) groups is 1. The maximum absolute atomic E-state index is 11.1. The van der Waals surface area contributed by atoms with Gasteiger partial charge in [0.1, 0.15) is 0 Å². The van der Waals surface area contributed by atoms with Crippen molar-refractivity contribution in [3.63, 3.8) is 0 Å². The molecule has 0 N–H and O–H groups in total. The minimum absolute atomic E-state index is 0.0330. The molecule has 0 aliphatic rings. The highest BCUT2D eigenvalue weighted by atomic mass is 35.5. The van der Waals surface area contributed by atoms with Crippen LogP contribution in [0.5, 0.6) is 0 Å². The Hall–Kier alpha value is -1.88. The number of nitrogens with zero attached hydrogens (tertiary/aromatic N) is 1. The van der Waals surface area contributed by atoms with Crippen molar-refractivity contribution in [1.29, 1.82) is 0 Å². The maximum Gasteiger partial charge on any atom is 0.332 e. The van der Waals surface area contributed by atoms with E-state index in [1.54, 1.807) is 6.92 Å². The fraction of sp³-hybridized carbons (Fsp3) is 0.182. The van der Waals surface area contributed by atoms with Gasteiger partial charge in [0, 0.05) is 18.2 Å². The molecule has 5 nitrogen and oxygen atoms in total. The molecule has 0 bridgehead atoms. The van der Waals surface area contributed by atoms with Crippen LogP contribution in [0.3, 0.4) is 0 Å². The van der Waals surface area contributed by atoms with Crippen molar-refractivity contribution in [2.24, 2.45) is 0 Å². The number of esters is 1. The van der Waals surface area contributed by atoms with Crippen molar-refractivity contribution in [3.05, 3.63) is 46.0 Å². The van der Waals surface area contributed by atoms with Crippen molar-refractivity contribution >= 4 is 28.3 Å². The number of ether oxygens (including phenoxy) is 1. The number of hydrogen-bond donors (Lipinski definition) is 0. The fourth-order valence-corrected chi connectivity index (χ4v) is 1.33. The second-order valence-electron chi connectivity index (χ2n) is 3.05. The highest BCUT2D eigenvalue weighted by Crippen LogP contribution is 2.21. The molecule has 0 saturated carbocycles. The first-order valence-corrected chi connectivity index (χ1v) is 5.21. The van der Waals surface area contributed by atoms with Gasteiger partial charge in [-0.25, -0.2) is 4.79 Å². The summed E-state index contributed by atoms with van der Waals surface area (Å²) in [6.45, 7) is 1.95. The first-order chi connectivity index (χ1) is 8.04. The summed E-state index contributed by atoms with van der Waals surface area (Å²) in [6.07, 6.45) is 1.13. The lowest BCUT2D eigenvalue weighted by atomic mass is 10.2. The number of benzene rings is 1. The Bertz CT molecular complexity index is 453. The Labute approximate surface area is 103 Å². The van der Waals surface area contributed by atoms with Gasteiger partial charge in [-0.2, -0.15) is 0 Å². The third kappa shape index (κ3) is 3.88. The molecule has 6 heteroatoms. The van der Waals surface area contributed by atoms with Gasteiger partial charge in [-0.15, -0.1) is 0 Å². The van der Waals surface area contributed by atoms with Gasteiger partial charge in [0.25, 0.3) is 5.69 Å². The summed E-state index contributed by atoms with van der Waals surface area (Å²) in [7, 11) is 0. The van der Waals surface area contributed by atoms with E-state index in [0.717, 1.165) is 6.08 Å². The van der Waals surface area contributed by atoms with E-state index in [0.29, 0.717) is 5.56 Å². The van der Waals surface area contributed by atoms with Gasteiger partial charge in [0.2, 0.25) is 0 Å². The van der Waals surface area contributed by atoms with Crippen LogP contribution in [-0.2, 0) is 9.53 Å². The predicted molar refractivity (Wildman–Crippen MR) is 63.6 cm³/mol. The largest absolute Gasteiger partial charge is 0.463 e. The van der Waals surface area contributed by atoms with Crippen molar-refractivity contribution < 1.29 is 14.5 Å². The lowest BCUT2D eigenvalue weighted by Crippen LogP contribution is -1.99. The molecule has 1 aromatic carbocycles. The monoisotopic (exact) mass is 255 g/mol. The van der Waals surface area contributed by atoms with E-state index >= 15 is 0 Å². The molecule has 0 saturated heterocycles. The quantitative estimate of drug-likeness (QED) is 0.359. The van der Waals surface area contributed by atoms with Gasteiger partial charge in [0.05, 0.1) is 16.6 Å². The van der Waals surface area contributed by atoms with Gasteiger partial charge in [0.15, 0.2) is 0 Å². The number of nitro benzene ring substituents is 1. The van der Waals surface area contributed by atoms with E-state index < -0.39 is 10.9 Å². The van der Waals surface area contributed by atoms with Crippen molar-refractivity contribution in [1.82, 2.24) is 0 Å². The molecule has 0 unspecified atom stereocenters. The summed E-state index contributed by atoms with van der Waals surface area (Å²) in [5.74, 6) is -0.546. The molecule has 0 aliphatic heterocycles. The summed E-state index contributed by atoms with van der Waals surface area (Å²) < 4.78 is 4.69. The lowest BCUT2D eigenvalue weighted by Gasteiger charge is -2.00. The van der Waals surface area contributed by atoms with Crippen LogP contribution in [0.4, 0.5) is 5.69 Å². The summed E-state index contributed by atoms with van der Waals surface area (Å²) in [6, 6.07) is 5.57. The van der Waals surface area contributed by atoms with Gasteiger partial charge >= 0.3 is 5.97 Å². The van der Waals surface area contributed by atoms with Gasteiger partial charge in [-0.3, -0.25) is 10.1 Å². The standard InChI is InChI=1S/C11H10ClNO4/c1-2-17-11(14)7-10(12)8-3-5-9(6-4-8)13(15)16/h3-7H,2H2,1H3. The molecule has 0 atom stereocenters. The molecule has 1 rings (SSSR count). The highest BCUT2D eigenvalue weighted by Gasteiger charge is 2.07. The summed E-state index contributed by atoms with van der Waals surface area (Å²) in [5, 5.41) is 10.6. The minimum atomic E-state index is -0.546. The normalized spacial score (nSPS) is 11.1. The Balaban J connectivity index is 2.86. The third-order valence-electron chi connectivity index (χ3n) is 1.89. The van der Waals surface area contributed by atoms with Crippen molar-refractivity contribution in [3.8, 4) is 0 Å². The second-order valence-corrected chi connectivity index (χ2v) is 3.46. The Morgan fingerprint density at radius 1 is 1.47 bits per heavy atom. The Kier molecular flexibility index (Phi) is 4.66. The molecule has 0 heterocycles. The van der Waals surface area contributed by atoms with Crippen LogP contribution in [0, 0.1) is 10.1 Å². The molecule has 0 aromatic heterocycles. The van der Waals surface area contributed by atoms with Crippen molar-refractivity contribution in [2.75, 3.05) is 6.61 Å². The van der Waals surface area contributed by atoms with Crippen LogP contribution >= 0.6 is 11.6 Å². The Morgan fingerprint density at radius 3 is 2.53 bits per heavy atom. The molecule has 0 spiro atoms. The smallest absolute Gasteiger partial charge is 0.332 e. The topological polar surface area (TPSA) is 69.4 Å². The van der Waals surface area contributed by atoms with Crippen LogP contribution < -0.4 is 0 Å². The van der Waals surface area contributed by atoms with Crippen molar-refractivity contribution in [2.45, 2.75) is 6.92 Å². The lowest BCUT2D eigenvalue weighted by molar-refractivity contribution is -0.384. The molecular formula is C11H10ClNO4.